The van der Waals surface area contributed by atoms with Gasteiger partial charge in [-0.25, -0.2) is 0 Å². The maximum atomic E-state index is 12.1. The van der Waals surface area contributed by atoms with Gasteiger partial charge < -0.3 is 22.5 Å². The molecule has 0 spiro atoms. The zero-order valence-electron chi connectivity index (χ0n) is 17.1. The van der Waals surface area contributed by atoms with Crippen LogP contribution in [0.25, 0.3) is 0 Å². The lowest BCUT2D eigenvalue weighted by Crippen LogP contribution is -2.46. The van der Waals surface area contributed by atoms with Crippen LogP contribution in [0.2, 0.25) is 6.04 Å². The summed E-state index contributed by atoms with van der Waals surface area (Å²) in [6.45, 7) is 9.73. The fraction of sp³-hybridized carbons (Fsp3) is 0.941. The predicted octanol–water partition coefficient (Wildman–Crippen LogP) is 2.65. The summed E-state index contributed by atoms with van der Waals surface area (Å²) >= 11 is 1.76. The summed E-state index contributed by atoms with van der Waals surface area (Å²) in [7, 11) is 4.62. The van der Waals surface area contributed by atoms with Crippen LogP contribution in [0.3, 0.4) is 0 Å². The minimum absolute atomic E-state index is 0.0821. The first-order valence-electron chi connectivity index (χ1n) is 9.05. The molecule has 0 aromatic heterocycles. The Bertz CT molecular complexity index is 357. The van der Waals surface area contributed by atoms with E-state index in [4.69, 9.17) is 18.0 Å². The molecule has 1 atom stereocenters. The number of hydrogen-bond donors (Lipinski definition) is 0. The van der Waals surface area contributed by atoms with E-state index in [-0.39, 0.29) is 11.9 Å². The number of hydrogen-bond acceptors (Lipinski definition) is 6. The Labute approximate surface area is 159 Å². The van der Waals surface area contributed by atoms with Crippen LogP contribution in [0.15, 0.2) is 0 Å². The minimum atomic E-state index is -2.47. The van der Waals surface area contributed by atoms with Crippen molar-refractivity contribution in [1.82, 2.24) is 0 Å². The van der Waals surface area contributed by atoms with Gasteiger partial charge >= 0.3 is 14.8 Å². The van der Waals surface area contributed by atoms with E-state index in [0.29, 0.717) is 6.61 Å². The summed E-state index contributed by atoms with van der Waals surface area (Å²) in [6.07, 6.45) is 0.941. The van der Waals surface area contributed by atoms with E-state index in [2.05, 4.69) is 20.9 Å². The van der Waals surface area contributed by atoms with Crippen LogP contribution in [-0.4, -0.2) is 85.4 Å². The maximum absolute atomic E-state index is 12.1. The maximum Gasteiger partial charge on any atom is 0.500 e. The molecule has 8 heteroatoms. The number of ether oxygens (including phenoxy) is 1. The number of thioether (sulfide) groups is 1. The third kappa shape index (κ3) is 9.39. The van der Waals surface area contributed by atoms with Crippen molar-refractivity contribution in [3.05, 3.63) is 0 Å². The zero-order valence-corrected chi connectivity index (χ0v) is 18.9. The number of carbonyl (C=O) groups excluding carboxylic acids is 1. The second-order valence-electron chi connectivity index (χ2n) is 6.52. The van der Waals surface area contributed by atoms with Crippen molar-refractivity contribution < 1.29 is 27.3 Å². The van der Waals surface area contributed by atoms with Crippen LogP contribution in [0, 0.1) is 5.92 Å². The molecule has 6 nitrogen and oxygen atoms in total. The van der Waals surface area contributed by atoms with Crippen LogP contribution >= 0.6 is 11.8 Å². The van der Waals surface area contributed by atoms with Crippen LogP contribution in [0.5, 0.6) is 0 Å². The molecule has 0 aromatic carbocycles. The normalized spacial score (nSPS) is 13.7. The highest BCUT2D eigenvalue weighted by atomic mass is 32.2. The van der Waals surface area contributed by atoms with Crippen molar-refractivity contribution in [2.24, 2.45) is 5.92 Å². The Morgan fingerprint density at radius 2 is 1.68 bits per heavy atom. The molecule has 0 bridgehead atoms. The molecule has 0 heterocycles. The number of carbonyl (C=O) groups is 1. The zero-order chi connectivity index (χ0) is 19.3. The first-order chi connectivity index (χ1) is 11.8. The third-order valence-corrected chi connectivity index (χ3v) is 9.02. The lowest BCUT2D eigenvalue weighted by molar-refractivity contribution is -0.906. The first kappa shape index (κ1) is 24.9. The Hall–Kier alpha value is -0.123. The lowest BCUT2D eigenvalue weighted by Gasteiger charge is -2.31. The summed E-state index contributed by atoms with van der Waals surface area (Å²) in [5.74, 6) is 1.54. The average Bonchev–Trinajstić information content (AvgIpc) is 2.64. The van der Waals surface area contributed by atoms with E-state index in [1.165, 1.54) is 0 Å². The summed E-state index contributed by atoms with van der Waals surface area (Å²) in [4.78, 5) is 12.1. The Balaban J connectivity index is 3.95. The molecule has 1 unspecified atom stereocenters. The monoisotopic (exact) mass is 396 g/mol. The van der Waals surface area contributed by atoms with Gasteiger partial charge in [0.2, 0.25) is 0 Å². The van der Waals surface area contributed by atoms with Crippen molar-refractivity contribution in [2.75, 3.05) is 66.1 Å². The van der Waals surface area contributed by atoms with E-state index >= 15 is 0 Å². The van der Waals surface area contributed by atoms with Crippen LogP contribution < -0.4 is 0 Å². The Morgan fingerprint density at radius 1 is 1.12 bits per heavy atom. The lowest BCUT2D eigenvalue weighted by atomic mass is 10.2. The van der Waals surface area contributed by atoms with E-state index in [1.807, 2.05) is 6.92 Å². The van der Waals surface area contributed by atoms with Gasteiger partial charge in [-0.05, 0) is 26.0 Å². The quantitative estimate of drug-likeness (QED) is 0.184. The molecule has 0 amide bonds. The largest absolute Gasteiger partial charge is 0.500 e. The molecular weight excluding hydrogens is 358 g/mol. The minimum Gasteiger partial charge on any atom is -0.459 e. The molecule has 0 radical (unpaired) electrons. The van der Waals surface area contributed by atoms with Gasteiger partial charge in [-0.15, -0.1) is 0 Å². The van der Waals surface area contributed by atoms with Gasteiger partial charge in [-0.1, -0.05) is 6.92 Å². The van der Waals surface area contributed by atoms with Crippen LogP contribution in [-0.2, 0) is 22.8 Å². The second-order valence-corrected chi connectivity index (χ2v) is 10.8. The summed E-state index contributed by atoms with van der Waals surface area (Å²) in [6, 6.07) is 0.785. The van der Waals surface area contributed by atoms with E-state index in [9.17, 15) is 4.79 Å². The molecule has 0 aromatic rings. The molecule has 0 fully saturated rings. The van der Waals surface area contributed by atoms with Gasteiger partial charge in [0.25, 0.3) is 0 Å². The Kier molecular flexibility index (Phi) is 13.0. The molecular formula is C17H38NO5SSi+. The smallest absolute Gasteiger partial charge is 0.459 e. The van der Waals surface area contributed by atoms with Gasteiger partial charge in [0.15, 0.2) is 0 Å². The van der Waals surface area contributed by atoms with Gasteiger partial charge in [-0.3, -0.25) is 4.79 Å². The third-order valence-electron chi connectivity index (χ3n) is 4.88. The molecule has 0 saturated carbocycles. The molecule has 0 saturated heterocycles. The van der Waals surface area contributed by atoms with Crippen molar-refractivity contribution in [3.63, 3.8) is 0 Å². The molecule has 0 aliphatic carbocycles. The molecule has 150 valence electrons. The SMILES string of the molecule is CC[N+](C)(CC)CCOC(=O)C(C)CSCCC[Si](OC)(OC)OC. The molecule has 25 heavy (non-hydrogen) atoms. The fourth-order valence-electron chi connectivity index (χ4n) is 2.32. The van der Waals surface area contributed by atoms with Crippen molar-refractivity contribution >= 4 is 26.5 Å². The van der Waals surface area contributed by atoms with Gasteiger partial charge in [0, 0.05) is 33.1 Å². The number of nitrogens with zero attached hydrogens (tertiary/aromatic N) is 1. The average molecular weight is 397 g/mol. The van der Waals surface area contributed by atoms with Crippen molar-refractivity contribution in [2.45, 2.75) is 33.2 Å². The highest BCUT2D eigenvalue weighted by Gasteiger charge is 2.36. The van der Waals surface area contributed by atoms with Gasteiger partial charge in [0.1, 0.15) is 13.2 Å². The number of rotatable bonds is 15. The number of esters is 1. The standard InChI is InChI=1S/C17H38NO5SSi/c1-8-18(4,9-2)11-12-23-17(19)16(3)15-24-13-10-14-25(20-5,21-6)22-7/h16H,8-15H2,1-7H3/q+1. The van der Waals surface area contributed by atoms with Crippen molar-refractivity contribution in [3.8, 4) is 0 Å². The Morgan fingerprint density at radius 3 is 2.16 bits per heavy atom. The van der Waals surface area contributed by atoms with E-state index < -0.39 is 8.80 Å². The summed E-state index contributed by atoms with van der Waals surface area (Å²) in [5.41, 5.74) is 0. The van der Waals surface area contributed by atoms with Crippen molar-refractivity contribution in [1.29, 1.82) is 0 Å². The number of quaternary nitrogens is 1. The predicted molar refractivity (Wildman–Crippen MR) is 106 cm³/mol. The van der Waals surface area contributed by atoms with E-state index in [1.54, 1.807) is 33.1 Å². The second kappa shape index (κ2) is 13.1. The topological polar surface area (TPSA) is 54.0 Å². The highest BCUT2D eigenvalue weighted by molar-refractivity contribution is 7.99. The summed E-state index contributed by atoms with van der Waals surface area (Å²) in [5, 5.41) is 0. The van der Waals surface area contributed by atoms with Gasteiger partial charge in [-0.2, -0.15) is 11.8 Å². The van der Waals surface area contributed by atoms with Crippen LogP contribution in [0.4, 0.5) is 0 Å². The van der Waals surface area contributed by atoms with Gasteiger partial charge in [0.05, 0.1) is 26.1 Å². The number of likely N-dealkylation sites (N-methyl/N-ethyl adjacent to an activating group) is 1. The molecule has 0 aliphatic rings. The summed E-state index contributed by atoms with van der Waals surface area (Å²) < 4.78 is 22.6. The fourth-order valence-corrected chi connectivity index (χ4v) is 5.31. The molecule has 0 N–H and O–H groups in total. The van der Waals surface area contributed by atoms with E-state index in [0.717, 1.165) is 48.1 Å². The molecule has 0 aliphatic heterocycles. The molecule has 0 rings (SSSR count). The van der Waals surface area contributed by atoms with Crippen LogP contribution in [0.1, 0.15) is 27.2 Å². The first-order valence-corrected chi connectivity index (χ1v) is 12.1. The highest BCUT2D eigenvalue weighted by Crippen LogP contribution is 2.18.